The van der Waals surface area contributed by atoms with Crippen LogP contribution in [0.3, 0.4) is 0 Å². The summed E-state index contributed by atoms with van der Waals surface area (Å²) >= 11 is 0. The average Bonchev–Trinajstić information content (AvgIpc) is 3.01. The molecule has 2 aliphatic rings. The van der Waals surface area contributed by atoms with Gasteiger partial charge in [-0.3, -0.25) is 0 Å². The number of anilines is 1. The zero-order valence-corrected chi connectivity index (χ0v) is 11.7. The van der Waals surface area contributed by atoms with Crippen molar-refractivity contribution >= 4 is 5.69 Å². The van der Waals surface area contributed by atoms with Crippen LogP contribution in [0.25, 0.3) is 0 Å². The predicted octanol–water partition coefficient (Wildman–Crippen LogP) is 3.61. The first-order chi connectivity index (χ1) is 9.79. The van der Waals surface area contributed by atoms with Gasteiger partial charge in [0.15, 0.2) is 5.82 Å². The second-order valence-electron chi connectivity index (χ2n) is 5.97. The number of nitrogens with zero attached hydrogens (tertiary/aromatic N) is 2. The van der Waals surface area contributed by atoms with E-state index in [2.05, 4.69) is 40.6 Å². The molecule has 2 aromatic rings. The van der Waals surface area contributed by atoms with Crippen LogP contribution in [0.15, 0.2) is 22.7 Å². The van der Waals surface area contributed by atoms with Crippen LogP contribution < -0.4 is 5.32 Å². The number of rotatable bonds is 4. The third kappa shape index (κ3) is 2.19. The molecule has 4 heteroatoms. The van der Waals surface area contributed by atoms with Crippen molar-refractivity contribution in [2.24, 2.45) is 0 Å². The van der Waals surface area contributed by atoms with E-state index in [-0.39, 0.29) is 6.04 Å². The third-order valence-electron chi connectivity index (χ3n) is 4.25. The van der Waals surface area contributed by atoms with Gasteiger partial charge in [-0.2, -0.15) is 4.98 Å². The monoisotopic (exact) mass is 269 g/mol. The number of benzene rings is 1. The van der Waals surface area contributed by atoms with Gasteiger partial charge >= 0.3 is 0 Å². The summed E-state index contributed by atoms with van der Waals surface area (Å²) < 4.78 is 5.37. The lowest BCUT2D eigenvalue weighted by Gasteiger charge is -2.12. The normalized spacial score (nSPS) is 18.9. The van der Waals surface area contributed by atoms with E-state index in [1.54, 1.807) is 0 Å². The van der Waals surface area contributed by atoms with E-state index in [9.17, 15) is 0 Å². The van der Waals surface area contributed by atoms with Gasteiger partial charge in [0, 0.05) is 11.6 Å². The van der Waals surface area contributed by atoms with Gasteiger partial charge in [0.05, 0.1) is 0 Å². The van der Waals surface area contributed by atoms with Crippen LogP contribution >= 0.6 is 0 Å². The molecule has 0 amide bonds. The zero-order chi connectivity index (χ0) is 13.5. The number of aryl methyl sites for hydroxylation is 2. The summed E-state index contributed by atoms with van der Waals surface area (Å²) in [5, 5.41) is 7.54. The summed E-state index contributed by atoms with van der Waals surface area (Å²) in [5.74, 6) is 2.11. The number of fused-ring (bicyclic) bond motifs is 1. The molecule has 20 heavy (non-hydrogen) atoms. The summed E-state index contributed by atoms with van der Waals surface area (Å²) in [6, 6.07) is 6.70. The Hall–Kier alpha value is -1.84. The van der Waals surface area contributed by atoms with Crippen LogP contribution in [0.2, 0.25) is 0 Å². The number of nitrogens with one attached hydrogen (secondary N) is 1. The van der Waals surface area contributed by atoms with Crippen molar-refractivity contribution in [1.82, 2.24) is 10.1 Å². The smallest absolute Gasteiger partial charge is 0.248 e. The molecule has 104 valence electrons. The van der Waals surface area contributed by atoms with Crippen LogP contribution in [-0.2, 0) is 12.8 Å². The van der Waals surface area contributed by atoms with Crippen molar-refractivity contribution in [3.63, 3.8) is 0 Å². The molecule has 1 saturated carbocycles. The average molecular weight is 269 g/mol. The highest BCUT2D eigenvalue weighted by molar-refractivity contribution is 5.50. The molecule has 0 saturated heterocycles. The summed E-state index contributed by atoms with van der Waals surface area (Å²) in [5.41, 5.74) is 4.12. The van der Waals surface area contributed by atoms with Gasteiger partial charge in [0.2, 0.25) is 5.89 Å². The summed E-state index contributed by atoms with van der Waals surface area (Å²) in [4.78, 5) is 4.50. The second-order valence-corrected chi connectivity index (χ2v) is 5.97. The molecule has 0 aliphatic heterocycles. The standard InChI is InChI=1S/C16H19N3O/c1-10(16-18-15(19-20-16)12-5-6-12)17-14-8-7-11-3-2-4-13(11)9-14/h7-10,12,17H,2-6H2,1H3/t10-/m1/s1. The molecule has 1 atom stereocenters. The fourth-order valence-electron chi connectivity index (χ4n) is 2.90. The van der Waals surface area contributed by atoms with Crippen LogP contribution in [0.4, 0.5) is 5.69 Å². The van der Waals surface area contributed by atoms with E-state index in [1.807, 2.05) is 0 Å². The molecule has 0 bridgehead atoms. The Labute approximate surface area is 118 Å². The van der Waals surface area contributed by atoms with Crippen LogP contribution in [0, 0.1) is 0 Å². The van der Waals surface area contributed by atoms with Crippen LogP contribution in [0.5, 0.6) is 0 Å². The summed E-state index contributed by atoms with van der Waals surface area (Å²) in [6.07, 6.45) is 6.10. The molecule has 1 N–H and O–H groups in total. The largest absolute Gasteiger partial charge is 0.374 e. The molecule has 1 heterocycles. The molecular weight excluding hydrogens is 250 g/mol. The quantitative estimate of drug-likeness (QED) is 0.921. The lowest BCUT2D eigenvalue weighted by Crippen LogP contribution is -2.07. The van der Waals surface area contributed by atoms with E-state index in [0.29, 0.717) is 11.8 Å². The van der Waals surface area contributed by atoms with Crippen LogP contribution in [-0.4, -0.2) is 10.1 Å². The van der Waals surface area contributed by atoms with Gasteiger partial charge in [0.25, 0.3) is 0 Å². The number of hydrogen-bond acceptors (Lipinski definition) is 4. The molecule has 1 aromatic heterocycles. The first-order valence-electron chi connectivity index (χ1n) is 7.51. The van der Waals surface area contributed by atoms with Crippen molar-refractivity contribution in [2.45, 2.75) is 51.0 Å². The Kier molecular flexibility index (Phi) is 2.76. The maximum absolute atomic E-state index is 5.37. The maximum Gasteiger partial charge on any atom is 0.248 e. The highest BCUT2D eigenvalue weighted by atomic mass is 16.5. The Morgan fingerprint density at radius 1 is 1.25 bits per heavy atom. The van der Waals surface area contributed by atoms with Gasteiger partial charge < -0.3 is 9.84 Å². The van der Waals surface area contributed by atoms with E-state index in [0.717, 1.165) is 11.5 Å². The molecule has 4 rings (SSSR count). The SMILES string of the molecule is C[C@@H](Nc1ccc2c(c1)CCC2)c1nc(C2CC2)no1. The Morgan fingerprint density at radius 2 is 2.10 bits per heavy atom. The molecule has 0 radical (unpaired) electrons. The Balaban J connectivity index is 1.49. The predicted molar refractivity (Wildman–Crippen MR) is 76.8 cm³/mol. The molecule has 0 unspecified atom stereocenters. The maximum atomic E-state index is 5.37. The van der Waals surface area contributed by atoms with Crippen LogP contribution in [0.1, 0.15) is 61.0 Å². The lowest BCUT2D eigenvalue weighted by atomic mass is 10.1. The summed E-state index contributed by atoms with van der Waals surface area (Å²) in [7, 11) is 0. The third-order valence-corrected chi connectivity index (χ3v) is 4.25. The topological polar surface area (TPSA) is 51.0 Å². The minimum atomic E-state index is 0.0504. The van der Waals surface area contributed by atoms with Crippen molar-refractivity contribution in [3.05, 3.63) is 41.0 Å². The van der Waals surface area contributed by atoms with Crippen molar-refractivity contribution in [1.29, 1.82) is 0 Å². The van der Waals surface area contributed by atoms with E-state index in [4.69, 9.17) is 4.52 Å². The highest BCUT2D eigenvalue weighted by Crippen LogP contribution is 2.38. The van der Waals surface area contributed by atoms with Crippen molar-refractivity contribution in [3.8, 4) is 0 Å². The lowest BCUT2D eigenvalue weighted by molar-refractivity contribution is 0.363. The minimum absolute atomic E-state index is 0.0504. The Morgan fingerprint density at radius 3 is 2.95 bits per heavy atom. The van der Waals surface area contributed by atoms with Gasteiger partial charge in [-0.25, -0.2) is 0 Å². The number of hydrogen-bond donors (Lipinski definition) is 1. The van der Waals surface area contributed by atoms with E-state index in [1.165, 1.54) is 43.2 Å². The zero-order valence-electron chi connectivity index (χ0n) is 11.7. The molecule has 1 aromatic carbocycles. The van der Waals surface area contributed by atoms with Gasteiger partial charge in [-0.15, -0.1) is 0 Å². The molecular formula is C16H19N3O. The minimum Gasteiger partial charge on any atom is -0.374 e. The molecule has 1 fully saturated rings. The van der Waals surface area contributed by atoms with E-state index < -0.39 is 0 Å². The molecule has 0 spiro atoms. The van der Waals surface area contributed by atoms with Crippen molar-refractivity contribution < 1.29 is 4.52 Å². The highest BCUT2D eigenvalue weighted by Gasteiger charge is 2.29. The van der Waals surface area contributed by atoms with Gasteiger partial charge in [-0.05, 0) is 62.3 Å². The second kappa shape index (κ2) is 4.62. The van der Waals surface area contributed by atoms with Gasteiger partial charge in [0.1, 0.15) is 6.04 Å². The van der Waals surface area contributed by atoms with Gasteiger partial charge in [-0.1, -0.05) is 11.2 Å². The van der Waals surface area contributed by atoms with Crippen molar-refractivity contribution in [2.75, 3.05) is 5.32 Å². The van der Waals surface area contributed by atoms with E-state index >= 15 is 0 Å². The summed E-state index contributed by atoms with van der Waals surface area (Å²) in [6.45, 7) is 2.07. The number of aromatic nitrogens is 2. The molecule has 2 aliphatic carbocycles. The Bertz CT molecular complexity index is 630. The fraction of sp³-hybridized carbons (Fsp3) is 0.500. The molecule has 4 nitrogen and oxygen atoms in total. The fourth-order valence-corrected chi connectivity index (χ4v) is 2.90. The first kappa shape index (κ1) is 11.9. The first-order valence-corrected chi connectivity index (χ1v) is 7.51.